The summed E-state index contributed by atoms with van der Waals surface area (Å²) in [4.78, 5) is 17.3. The van der Waals surface area contributed by atoms with Gasteiger partial charge in [-0.3, -0.25) is 4.79 Å². The fourth-order valence-corrected chi connectivity index (χ4v) is 3.27. The molecule has 3 aromatic rings. The van der Waals surface area contributed by atoms with Crippen LogP contribution < -0.4 is 5.32 Å². The molecule has 24 heavy (non-hydrogen) atoms. The molecule has 1 amide bonds. The molecular formula is C17H15ClIN3O2. The number of halogens is 2. The summed E-state index contributed by atoms with van der Waals surface area (Å²) in [6.45, 7) is 5.81. The molecule has 0 atom stereocenters. The van der Waals surface area contributed by atoms with Crippen LogP contribution in [0.1, 0.15) is 41.5 Å². The van der Waals surface area contributed by atoms with E-state index in [1.807, 2.05) is 19.9 Å². The van der Waals surface area contributed by atoms with Crippen molar-refractivity contribution in [2.45, 2.75) is 26.7 Å². The van der Waals surface area contributed by atoms with Crippen molar-refractivity contribution in [1.29, 1.82) is 0 Å². The maximum absolute atomic E-state index is 12.8. The molecular weight excluding hydrogens is 441 g/mol. The predicted molar refractivity (Wildman–Crippen MR) is 103 cm³/mol. The second-order valence-corrected chi connectivity index (χ2v) is 7.43. The fraction of sp³-hybridized carbons (Fsp3) is 0.235. The van der Waals surface area contributed by atoms with Gasteiger partial charge >= 0.3 is 0 Å². The van der Waals surface area contributed by atoms with Crippen molar-refractivity contribution in [3.63, 3.8) is 0 Å². The Morgan fingerprint density at radius 3 is 2.75 bits per heavy atom. The number of nitrogens with one attached hydrogen (secondary N) is 1. The highest BCUT2D eigenvalue weighted by Crippen LogP contribution is 2.28. The second-order valence-electron chi connectivity index (χ2n) is 5.78. The van der Waals surface area contributed by atoms with Crippen molar-refractivity contribution in [3.05, 3.63) is 49.8 Å². The van der Waals surface area contributed by atoms with Crippen LogP contribution in [0.3, 0.4) is 0 Å². The maximum Gasteiger partial charge on any atom is 0.259 e. The summed E-state index contributed by atoms with van der Waals surface area (Å²) in [6.07, 6.45) is 0. The van der Waals surface area contributed by atoms with Gasteiger partial charge in [-0.15, -0.1) is 0 Å². The van der Waals surface area contributed by atoms with Crippen molar-refractivity contribution in [3.8, 4) is 0 Å². The number of fused-ring (bicyclic) bond motifs is 1. The van der Waals surface area contributed by atoms with E-state index in [4.69, 9.17) is 16.1 Å². The summed E-state index contributed by atoms with van der Waals surface area (Å²) in [5.41, 5.74) is 2.83. The van der Waals surface area contributed by atoms with Crippen molar-refractivity contribution < 1.29 is 9.32 Å². The van der Waals surface area contributed by atoms with Gasteiger partial charge in [0.2, 0.25) is 0 Å². The van der Waals surface area contributed by atoms with E-state index < -0.39 is 0 Å². The number of hydrogen-bond acceptors (Lipinski definition) is 4. The molecule has 0 saturated carbocycles. The molecule has 1 aromatic carbocycles. The number of anilines is 1. The molecule has 7 heteroatoms. The first-order chi connectivity index (χ1) is 11.4. The van der Waals surface area contributed by atoms with Gasteiger partial charge < -0.3 is 9.84 Å². The molecule has 2 heterocycles. The molecule has 1 N–H and O–H groups in total. The van der Waals surface area contributed by atoms with E-state index in [1.54, 1.807) is 25.1 Å². The minimum atomic E-state index is -0.265. The van der Waals surface area contributed by atoms with E-state index in [0.29, 0.717) is 33.1 Å². The topological polar surface area (TPSA) is 68.0 Å². The fourth-order valence-electron chi connectivity index (χ4n) is 2.37. The molecule has 0 aliphatic carbocycles. The smallest absolute Gasteiger partial charge is 0.259 e. The lowest BCUT2D eigenvalue weighted by atomic mass is 10.0. The van der Waals surface area contributed by atoms with E-state index in [1.165, 1.54) is 0 Å². The zero-order valence-corrected chi connectivity index (χ0v) is 16.3. The van der Waals surface area contributed by atoms with E-state index in [-0.39, 0.29) is 11.8 Å². The number of aromatic nitrogens is 2. The summed E-state index contributed by atoms with van der Waals surface area (Å²) in [7, 11) is 0. The highest BCUT2D eigenvalue weighted by atomic mass is 127. The molecule has 0 saturated heterocycles. The van der Waals surface area contributed by atoms with E-state index in [2.05, 4.69) is 38.0 Å². The van der Waals surface area contributed by atoms with Crippen molar-refractivity contribution in [2.24, 2.45) is 0 Å². The van der Waals surface area contributed by atoms with Crippen LogP contribution in [0.2, 0.25) is 5.02 Å². The predicted octanol–water partition coefficient (Wildman–Crippen LogP) is 5.16. The number of aryl methyl sites for hydroxylation is 1. The normalized spacial score (nSPS) is 11.2. The third-order valence-electron chi connectivity index (χ3n) is 3.65. The summed E-state index contributed by atoms with van der Waals surface area (Å²) in [5, 5.41) is 7.90. The molecule has 5 nitrogen and oxygen atoms in total. The molecule has 0 bridgehead atoms. The molecule has 0 fully saturated rings. The quantitative estimate of drug-likeness (QED) is 0.554. The van der Waals surface area contributed by atoms with Crippen LogP contribution in [0.4, 0.5) is 5.69 Å². The average Bonchev–Trinajstić information content (AvgIpc) is 2.90. The standard InChI is InChI=1S/C17H15ClIN3O2/c1-8(2)14-7-11(15-9(3)22-24-17(15)21-14)16(23)20-13-5-4-10(19)6-12(13)18/h4-8H,1-3H3,(H,20,23). The largest absolute Gasteiger partial charge is 0.336 e. The zero-order valence-electron chi connectivity index (χ0n) is 13.4. The van der Waals surface area contributed by atoms with Gasteiger partial charge in [0.05, 0.1) is 27.4 Å². The third-order valence-corrected chi connectivity index (χ3v) is 4.64. The highest BCUT2D eigenvalue weighted by Gasteiger charge is 2.20. The Kier molecular flexibility index (Phi) is 4.78. The number of hydrogen-bond donors (Lipinski definition) is 1. The Balaban J connectivity index is 2.06. The number of pyridine rings is 1. The molecule has 0 unspecified atom stereocenters. The van der Waals surface area contributed by atoms with Crippen LogP contribution in [0, 0.1) is 10.5 Å². The van der Waals surface area contributed by atoms with Gasteiger partial charge in [0.25, 0.3) is 11.6 Å². The van der Waals surface area contributed by atoms with Crippen LogP contribution in [0.25, 0.3) is 11.1 Å². The van der Waals surface area contributed by atoms with Crippen molar-refractivity contribution in [2.75, 3.05) is 5.32 Å². The minimum Gasteiger partial charge on any atom is -0.336 e. The van der Waals surface area contributed by atoms with Gasteiger partial charge in [-0.2, -0.15) is 0 Å². The lowest BCUT2D eigenvalue weighted by Gasteiger charge is -2.11. The summed E-state index contributed by atoms with van der Waals surface area (Å²) < 4.78 is 6.25. The van der Waals surface area contributed by atoms with Crippen LogP contribution >= 0.6 is 34.2 Å². The monoisotopic (exact) mass is 455 g/mol. The Morgan fingerprint density at radius 2 is 2.08 bits per heavy atom. The number of benzene rings is 1. The van der Waals surface area contributed by atoms with Crippen LogP contribution in [0.15, 0.2) is 28.8 Å². The van der Waals surface area contributed by atoms with E-state index in [9.17, 15) is 4.79 Å². The summed E-state index contributed by atoms with van der Waals surface area (Å²) >= 11 is 8.38. The summed E-state index contributed by atoms with van der Waals surface area (Å²) in [6, 6.07) is 7.25. The Bertz CT molecular complexity index is 937. The number of carbonyl (C=O) groups is 1. The summed E-state index contributed by atoms with van der Waals surface area (Å²) in [5.74, 6) is -0.105. The molecule has 0 radical (unpaired) electrons. The van der Waals surface area contributed by atoms with Crippen LogP contribution in [-0.2, 0) is 0 Å². The molecule has 0 spiro atoms. The number of carbonyl (C=O) groups excluding carboxylic acids is 1. The van der Waals surface area contributed by atoms with Gasteiger partial charge in [0.15, 0.2) is 0 Å². The first kappa shape index (κ1) is 17.2. The number of nitrogens with zero attached hydrogens (tertiary/aromatic N) is 2. The minimum absolute atomic E-state index is 0.160. The lowest BCUT2D eigenvalue weighted by molar-refractivity contribution is 0.102. The van der Waals surface area contributed by atoms with E-state index >= 15 is 0 Å². The Labute approximate surface area is 157 Å². The van der Waals surface area contributed by atoms with Gasteiger partial charge in [-0.05, 0) is 59.7 Å². The van der Waals surface area contributed by atoms with Crippen molar-refractivity contribution in [1.82, 2.24) is 10.1 Å². The molecule has 3 rings (SSSR count). The SMILES string of the molecule is Cc1noc2nc(C(C)C)cc(C(=O)Nc3ccc(I)cc3Cl)c12. The maximum atomic E-state index is 12.8. The number of rotatable bonds is 3. The zero-order chi connectivity index (χ0) is 17.4. The van der Waals surface area contributed by atoms with Crippen LogP contribution in [-0.4, -0.2) is 16.0 Å². The molecule has 124 valence electrons. The van der Waals surface area contributed by atoms with Gasteiger partial charge in [0, 0.05) is 9.26 Å². The van der Waals surface area contributed by atoms with Crippen molar-refractivity contribution >= 4 is 56.9 Å². The Hall–Kier alpha value is -1.67. The third kappa shape index (κ3) is 3.25. The van der Waals surface area contributed by atoms with Crippen LogP contribution in [0.5, 0.6) is 0 Å². The second kappa shape index (κ2) is 6.68. The molecule has 0 aliphatic heterocycles. The number of amides is 1. The highest BCUT2D eigenvalue weighted by molar-refractivity contribution is 14.1. The first-order valence-corrected chi connectivity index (χ1v) is 8.86. The lowest BCUT2D eigenvalue weighted by Crippen LogP contribution is -2.14. The average molecular weight is 456 g/mol. The van der Waals surface area contributed by atoms with Gasteiger partial charge in [-0.25, -0.2) is 4.98 Å². The molecule has 0 aliphatic rings. The van der Waals surface area contributed by atoms with E-state index in [0.717, 1.165) is 9.26 Å². The first-order valence-electron chi connectivity index (χ1n) is 7.40. The van der Waals surface area contributed by atoms with Gasteiger partial charge in [-0.1, -0.05) is 30.6 Å². The van der Waals surface area contributed by atoms with Gasteiger partial charge in [0.1, 0.15) is 0 Å². The molecule has 2 aromatic heterocycles. The Morgan fingerprint density at radius 1 is 1.33 bits per heavy atom.